The third kappa shape index (κ3) is 4.04. The van der Waals surface area contributed by atoms with Gasteiger partial charge in [0.15, 0.2) is 5.11 Å². The fourth-order valence-electron chi connectivity index (χ4n) is 4.76. The van der Waals surface area contributed by atoms with Gasteiger partial charge in [-0.05, 0) is 73.6 Å². The van der Waals surface area contributed by atoms with Crippen LogP contribution in [-0.4, -0.2) is 19.8 Å². The molecule has 1 aliphatic heterocycles. The summed E-state index contributed by atoms with van der Waals surface area (Å²) in [4.78, 5) is 6.58. The molecule has 5 nitrogen and oxygen atoms in total. The molecule has 0 amide bonds. The molecule has 0 spiro atoms. The number of phenols is 1. The molecule has 34 heavy (non-hydrogen) atoms. The summed E-state index contributed by atoms with van der Waals surface area (Å²) in [6.45, 7) is 5.04. The Morgan fingerprint density at radius 3 is 2.53 bits per heavy atom. The normalized spacial score (nSPS) is 17.7. The molecule has 0 unspecified atom stereocenters. The van der Waals surface area contributed by atoms with E-state index in [4.69, 9.17) is 23.8 Å². The SMILES string of the molecule is Cc1cc([C@H]2[C@H](c3ccccn3)NC(=S)N2c2cc(Cl)ccc2O)c(C)n1Cc1ccccc1. The van der Waals surface area contributed by atoms with Crippen molar-refractivity contribution in [2.24, 2.45) is 0 Å². The molecule has 1 fully saturated rings. The van der Waals surface area contributed by atoms with Gasteiger partial charge < -0.3 is 19.9 Å². The third-order valence-electron chi connectivity index (χ3n) is 6.41. The molecule has 0 saturated carbocycles. The predicted octanol–water partition coefficient (Wildman–Crippen LogP) is 6.08. The number of aryl methyl sites for hydroxylation is 1. The first kappa shape index (κ1) is 22.4. The Hall–Kier alpha value is -3.35. The number of rotatable bonds is 5. The smallest absolute Gasteiger partial charge is 0.174 e. The maximum Gasteiger partial charge on any atom is 0.174 e. The lowest BCUT2D eigenvalue weighted by molar-refractivity contribution is 0.472. The van der Waals surface area contributed by atoms with Gasteiger partial charge in [0, 0.05) is 29.2 Å². The zero-order valence-electron chi connectivity index (χ0n) is 18.9. The largest absolute Gasteiger partial charge is 0.506 e. The lowest BCUT2D eigenvalue weighted by atomic mass is 9.96. The number of nitrogens with one attached hydrogen (secondary N) is 1. The number of benzene rings is 2. The Labute approximate surface area is 209 Å². The number of nitrogens with zero attached hydrogens (tertiary/aromatic N) is 3. The molecule has 1 aliphatic rings. The maximum atomic E-state index is 10.8. The van der Waals surface area contributed by atoms with E-state index >= 15 is 0 Å². The minimum Gasteiger partial charge on any atom is -0.506 e. The second kappa shape index (κ2) is 9.12. The van der Waals surface area contributed by atoms with E-state index < -0.39 is 0 Å². The summed E-state index contributed by atoms with van der Waals surface area (Å²) in [7, 11) is 0. The van der Waals surface area contributed by atoms with Crippen LogP contribution in [0.25, 0.3) is 0 Å². The van der Waals surface area contributed by atoms with Crippen molar-refractivity contribution in [3.63, 3.8) is 0 Å². The monoisotopic (exact) mass is 488 g/mol. The number of hydrogen-bond acceptors (Lipinski definition) is 3. The number of aromatic nitrogens is 2. The predicted molar refractivity (Wildman–Crippen MR) is 140 cm³/mol. The van der Waals surface area contributed by atoms with Crippen molar-refractivity contribution < 1.29 is 5.11 Å². The van der Waals surface area contributed by atoms with Gasteiger partial charge in [-0.2, -0.15) is 0 Å². The highest BCUT2D eigenvalue weighted by atomic mass is 35.5. The maximum absolute atomic E-state index is 10.8. The molecule has 2 aromatic heterocycles. The van der Waals surface area contributed by atoms with E-state index in [9.17, 15) is 5.11 Å². The average Bonchev–Trinajstić information content (AvgIpc) is 3.32. The Bertz CT molecular complexity index is 1340. The van der Waals surface area contributed by atoms with Crippen molar-refractivity contribution in [1.82, 2.24) is 14.9 Å². The van der Waals surface area contributed by atoms with Gasteiger partial charge in [0.2, 0.25) is 0 Å². The van der Waals surface area contributed by atoms with E-state index in [-0.39, 0.29) is 17.8 Å². The van der Waals surface area contributed by atoms with Crippen LogP contribution < -0.4 is 10.2 Å². The van der Waals surface area contributed by atoms with Crippen LogP contribution in [0.5, 0.6) is 5.75 Å². The standard InChI is InChI=1S/C27H25ClN4OS/c1-17-14-21(18(2)31(17)16-19-8-4-3-5-9-19)26-25(22-10-6-7-13-29-22)30-27(34)32(26)23-15-20(28)11-12-24(23)33/h3-15,25-26,33H,16H2,1-2H3,(H,30,34)/t25-,26-/m0/s1. The van der Waals surface area contributed by atoms with E-state index in [2.05, 4.69) is 59.0 Å². The second-order valence-electron chi connectivity index (χ2n) is 8.53. The number of pyridine rings is 1. The number of halogens is 1. The topological polar surface area (TPSA) is 53.3 Å². The number of aromatic hydroxyl groups is 1. The van der Waals surface area contributed by atoms with E-state index in [1.165, 1.54) is 5.56 Å². The Balaban J connectivity index is 1.65. The fourth-order valence-corrected chi connectivity index (χ4v) is 5.26. The van der Waals surface area contributed by atoms with Crippen LogP contribution in [0.3, 0.4) is 0 Å². The minimum absolute atomic E-state index is 0.123. The average molecular weight is 489 g/mol. The van der Waals surface area contributed by atoms with E-state index in [0.29, 0.717) is 15.8 Å². The summed E-state index contributed by atoms with van der Waals surface area (Å²) in [6, 6.07) is 23.1. The summed E-state index contributed by atoms with van der Waals surface area (Å²) in [5.74, 6) is 0.123. The molecular formula is C27H25ClN4OS. The van der Waals surface area contributed by atoms with Crippen LogP contribution in [0, 0.1) is 13.8 Å². The molecule has 3 heterocycles. The number of phenolic OH excluding ortho intramolecular Hbond substituents is 1. The van der Waals surface area contributed by atoms with Crippen molar-refractivity contribution >= 4 is 34.6 Å². The van der Waals surface area contributed by atoms with Gasteiger partial charge in [0.05, 0.1) is 23.5 Å². The highest BCUT2D eigenvalue weighted by Crippen LogP contribution is 2.46. The molecule has 0 bridgehead atoms. The molecular weight excluding hydrogens is 464 g/mol. The zero-order valence-corrected chi connectivity index (χ0v) is 20.5. The molecule has 0 radical (unpaired) electrons. The first-order valence-electron chi connectivity index (χ1n) is 11.1. The van der Waals surface area contributed by atoms with Crippen LogP contribution in [0.4, 0.5) is 5.69 Å². The van der Waals surface area contributed by atoms with Crippen LogP contribution >= 0.6 is 23.8 Å². The van der Waals surface area contributed by atoms with Gasteiger partial charge in [-0.15, -0.1) is 0 Å². The number of hydrogen-bond donors (Lipinski definition) is 2. The van der Waals surface area contributed by atoms with E-state index in [0.717, 1.165) is 29.2 Å². The molecule has 2 aromatic carbocycles. The lowest BCUT2D eigenvalue weighted by Crippen LogP contribution is -2.29. The van der Waals surface area contributed by atoms with E-state index in [1.807, 2.05) is 29.2 Å². The quantitative estimate of drug-likeness (QED) is 0.333. The third-order valence-corrected chi connectivity index (χ3v) is 6.96. The Kier molecular flexibility index (Phi) is 6.02. The molecule has 2 N–H and O–H groups in total. The zero-order chi connectivity index (χ0) is 23.8. The highest BCUT2D eigenvalue weighted by molar-refractivity contribution is 7.80. The van der Waals surface area contributed by atoms with Gasteiger partial charge in [-0.25, -0.2) is 0 Å². The van der Waals surface area contributed by atoms with Gasteiger partial charge >= 0.3 is 0 Å². The molecule has 0 aliphatic carbocycles. The van der Waals surface area contributed by atoms with E-state index in [1.54, 1.807) is 24.4 Å². The van der Waals surface area contributed by atoms with Crippen molar-refractivity contribution in [1.29, 1.82) is 0 Å². The fraction of sp³-hybridized carbons (Fsp3) is 0.185. The van der Waals surface area contributed by atoms with Crippen molar-refractivity contribution in [3.05, 3.63) is 112 Å². The Morgan fingerprint density at radius 1 is 1.03 bits per heavy atom. The van der Waals surface area contributed by atoms with Crippen LogP contribution in [0.2, 0.25) is 5.02 Å². The number of anilines is 1. The van der Waals surface area contributed by atoms with Crippen molar-refractivity contribution in [2.75, 3.05) is 4.90 Å². The second-order valence-corrected chi connectivity index (χ2v) is 9.35. The van der Waals surface area contributed by atoms with Crippen LogP contribution in [-0.2, 0) is 6.54 Å². The summed E-state index contributed by atoms with van der Waals surface area (Å²) < 4.78 is 2.32. The Morgan fingerprint density at radius 2 is 1.79 bits per heavy atom. The summed E-state index contributed by atoms with van der Waals surface area (Å²) in [5, 5.41) is 15.3. The summed E-state index contributed by atoms with van der Waals surface area (Å²) >= 11 is 12.1. The molecule has 4 aromatic rings. The number of thiocarbonyl (C=S) groups is 1. The molecule has 172 valence electrons. The van der Waals surface area contributed by atoms with Gasteiger partial charge in [0.25, 0.3) is 0 Å². The van der Waals surface area contributed by atoms with Crippen molar-refractivity contribution in [2.45, 2.75) is 32.5 Å². The van der Waals surface area contributed by atoms with Crippen LogP contribution in [0.1, 0.15) is 40.3 Å². The molecule has 5 rings (SSSR count). The molecule has 2 atom stereocenters. The van der Waals surface area contributed by atoms with Crippen molar-refractivity contribution in [3.8, 4) is 5.75 Å². The summed E-state index contributed by atoms with van der Waals surface area (Å²) in [5.41, 5.74) is 6.11. The first-order valence-corrected chi connectivity index (χ1v) is 11.9. The molecule has 7 heteroatoms. The lowest BCUT2D eigenvalue weighted by Gasteiger charge is -2.28. The van der Waals surface area contributed by atoms with Crippen LogP contribution in [0.15, 0.2) is 79.0 Å². The minimum atomic E-state index is -0.220. The highest BCUT2D eigenvalue weighted by Gasteiger charge is 2.43. The van der Waals surface area contributed by atoms with Gasteiger partial charge in [0.1, 0.15) is 5.75 Å². The van der Waals surface area contributed by atoms with Gasteiger partial charge in [-0.3, -0.25) is 4.98 Å². The molecule has 1 saturated heterocycles. The van der Waals surface area contributed by atoms with Gasteiger partial charge in [-0.1, -0.05) is 48.0 Å². The first-order chi connectivity index (χ1) is 16.4. The summed E-state index contributed by atoms with van der Waals surface area (Å²) in [6.07, 6.45) is 1.79.